The van der Waals surface area contributed by atoms with Gasteiger partial charge in [0.15, 0.2) is 0 Å². The molecule has 3 amide bonds. The van der Waals surface area contributed by atoms with Crippen LogP contribution in [-0.4, -0.2) is 125 Å². The third-order valence-corrected chi connectivity index (χ3v) is 7.80. The molecule has 45 heavy (non-hydrogen) atoms. The van der Waals surface area contributed by atoms with E-state index in [1.807, 2.05) is 6.07 Å². The van der Waals surface area contributed by atoms with Crippen molar-refractivity contribution < 1.29 is 58.0 Å². The second-order valence-corrected chi connectivity index (χ2v) is 11.7. The van der Waals surface area contributed by atoms with E-state index in [2.05, 4.69) is 5.32 Å². The minimum absolute atomic E-state index is 0.0521. The first-order valence-corrected chi connectivity index (χ1v) is 15.4. The van der Waals surface area contributed by atoms with Gasteiger partial charge in [-0.1, -0.05) is 12.1 Å². The first kappa shape index (κ1) is 36.7. The first-order chi connectivity index (χ1) is 21.5. The minimum Gasteiger partial charge on any atom is -0.462 e. The summed E-state index contributed by atoms with van der Waals surface area (Å²) in [6, 6.07) is 5.02. The van der Waals surface area contributed by atoms with Crippen LogP contribution in [0.2, 0.25) is 0 Å². The molecule has 0 radical (unpaired) electrons. The zero-order valence-corrected chi connectivity index (χ0v) is 26.2. The lowest BCUT2D eigenvalue weighted by molar-refractivity contribution is -0.268. The lowest BCUT2D eigenvalue weighted by Crippen LogP contribution is -2.58. The number of hydroxylamine groups is 1. The van der Waals surface area contributed by atoms with E-state index in [4.69, 9.17) is 34.1 Å². The molecule has 6 atom stereocenters. The van der Waals surface area contributed by atoms with Crippen molar-refractivity contribution in [2.24, 2.45) is 5.73 Å². The van der Waals surface area contributed by atoms with E-state index in [9.17, 15) is 29.7 Å². The molecular formula is C28H44N4O12S. The summed E-state index contributed by atoms with van der Waals surface area (Å²) in [5.74, 6) is -0.107. The number of aliphatic hydroxyl groups is 3. The van der Waals surface area contributed by atoms with Crippen LogP contribution in [0.15, 0.2) is 18.2 Å². The van der Waals surface area contributed by atoms with Gasteiger partial charge in [-0.25, -0.2) is 4.79 Å². The molecule has 3 unspecified atom stereocenters. The van der Waals surface area contributed by atoms with E-state index in [0.29, 0.717) is 44.2 Å². The maximum absolute atomic E-state index is 12.6. The number of ether oxygens (including phenoxy) is 4. The van der Waals surface area contributed by atoms with Gasteiger partial charge < -0.3 is 55.4 Å². The largest absolute Gasteiger partial charge is 0.462 e. The molecule has 2 aliphatic heterocycles. The van der Waals surface area contributed by atoms with Crippen LogP contribution in [0, 0.1) is 0 Å². The number of nitrogens with zero attached hydrogens (tertiary/aromatic N) is 2. The summed E-state index contributed by atoms with van der Waals surface area (Å²) in [6.07, 6.45) is -4.41. The lowest BCUT2D eigenvalue weighted by atomic mass is 10.00. The molecule has 0 bridgehead atoms. The van der Waals surface area contributed by atoms with Gasteiger partial charge in [-0.15, -0.1) is 4.47 Å². The minimum atomic E-state index is -1.52. The number of hydrogen-bond donors (Lipinski definition) is 6. The lowest BCUT2D eigenvalue weighted by Gasteiger charge is -2.39. The topological polar surface area (TPSA) is 223 Å². The molecule has 0 aromatic heterocycles. The summed E-state index contributed by atoms with van der Waals surface area (Å²) in [5, 5.41) is 42.3. The molecule has 0 spiro atoms. The molecule has 2 saturated heterocycles. The Morgan fingerprint density at radius 3 is 2.69 bits per heavy atom. The van der Waals surface area contributed by atoms with Crippen LogP contribution in [0.4, 0.5) is 4.79 Å². The number of hydrogen-bond acceptors (Lipinski definition) is 14. The zero-order valence-electron chi connectivity index (χ0n) is 25.4. The molecule has 16 nitrogen and oxygen atoms in total. The summed E-state index contributed by atoms with van der Waals surface area (Å²) in [6.45, 7) is 2.53. The van der Waals surface area contributed by atoms with Crippen LogP contribution in [-0.2, 0) is 41.0 Å². The molecule has 0 saturated carbocycles. The van der Waals surface area contributed by atoms with Crippen LogP contribution in [0.3, 0.4) is 0 Å². The molecular weight excluding hydrogens is 616 g/mol. The average Bonchev–Trinajstić information content (AvgIpc) is 3.33. The van der Waals surface area contributed by atoms with Crippen molar-refractivity contribution in [3.05, 3.63) is 29.3 Å². The van der Waals surface area contributed by atoms with E-state index in [1.165, 1.54) is 18.9 Å². The van der Waals surface area contributed by atoms with Crippen molar-refractivity contribution in [3.63, 3.8) is 0 Å². The smallest absolute Gasteiger partial charge is 0.404 e. The molecule has 2 heterocycles. The highest BCUT2D eigenvalue weighted by atomic mass is 32.2. The highest BCUT2D eigenvalue weighted by molar-refractivity contribution is 7.92. The Hall–Kier alpha value is -2.74. The predicted octanol–water partition coefficient (Wildman–Crippen LogP) is -0.164. The summed E-state index contributed by atoms with van der Waals surface area (Å²) in [7, 11) is 1.43. The number of primary amides is 1. The SMILES string of the molecule is CC1OC(Oc2cc(CCCCNC(=O)CN3C(=O)CC[C@H]3COCCOSN(C)O)ccc2COC(N)=O)[C@H](O)C(O)[C@@H]1O. The summed E-state index contributed by atoms with van der Waals surface area (Å²) in [4.78, 5) is 37.6. The van der Waals surface area contributed by atoms with E-state index >= 15 is 0 Å². The standard InChI is InChI=1S/C28H44N4O12S/c1-17-24(35)25(36)26(37)27(43-17)44-21-13-18(6-7-19(21)15-41-28(29)38)5-3-4-10-30-22(33)14-32-20(8-9-23(32)34)16-40-11-12-42-45-31(2)39/h6-7,13,17,20,24-27,35-37,39H,3-5,8-12,14-16H2,1-2H3,(H2,29,38)(H,30,33)/t17?,20-,24+,25?,26+,27?/m0/s1. The highest BCUT2D eigenvalue weighted by Crippen LogP contribution is 2.28. The van der Waals surface area contributed by atoms with Crippen LogP contribution in [0.1, 0.15) is 43.7 Å². The number of nitrogens with one attached hydrogen (secondary N) is 1. The van der Waals surface area contributed by atoms with Crippen LogP contribution < -0.4 is 15.8 Å². The van der Waals surface area contributed by atoms with Gasteiger partial charge >= 0.3 is 6.09 Å². The molecule has 254 valence electrons. The normalized spacial score (nSPS) is 25.0. The van der Waals surface area contributed by atoms with Gasteiger partial charge in [0.25, 0.3) is 0 Å². The Balaban J connectivity index is 1.44. The number of carbonyl (C=O) groups is 3. The Morgan fingerprint density at radius 2 is 1.96 bits per heavy atom. The molecule has 2 aliphatic rings. The second-order valence-electron chi connectivity index (χ2n) is 10.8. The van der Waals surface area contributed by atoms with Gasteiger partial charge in [0.2, 0.25) is 18.1 Å². The maximum atomic E-state index is 12.6. The fourth-order valence-electron chi connectivity index (χ4n) is 4.87. The van der Waals surface area contributed by atoms with Gasteiger partial charge in [-0.2, -0.15) is 0 Å². The summed E-state index contributed by atoms with van der Waals surface area (Å²) < 4.78 is 27.8. The Morgan fingerprint density at radius 1 is 1.18 bits per heavy atom. The number of unbranched alkanes of at least 4 members (excludes halogenated alkanes) is 1. The molecule has 1 aromatic carbocycles. The number of benzene rings is 1. The number of amides is 3. The van der Waals surface area contributed by atoms with E-state index in [-0.39, 0.29) is 56.6 Å². The number of rotatable bonds is 18. The quantitative estimate of drug-likeness (QED) is 0.0521. The molecule has 7 N–H and O–H groups in total. The monoisotopic (exact) mass is 660 g/mol. The molecule has 0 aliphatic carbocycles. The number of likely N-dealkylation sites (tertiary alicyclic amines) is 1. The van der Waals surface area contributed by atoms with E-state index in [1.54, 1.807) is 12.1 Å². The van der Waals surface area contributed by atoms with Gasteiger partial charge in [0.05, 0.1) is 38.5 Å². The van der Waals surface area contributed by atoms with Crippen molar-refractivity contribution in [2.75, 3.05) is 40.0 Å². The van der Waals surface area contributed by atoms with Gasteiger partial charge in [0.1, 0.15) is 42.9 Å². The number of carbonyl (C=O) groups excluding carboxylic acids is 3. The van der Waals surface area contributed by atoms with Crippen molar-refractivity contribution >= 4 is 30.1 Å². The van der Waals surface area contributed by atoms with Crippen molar-refractivity contribution in [1.29, 1.82) is 0 Å². The van der Waals surface area contributed by atoms with E-state index in [0.717, 1.165) is 22.3 Å². The number of nitrogens with two attached hydrogens (primary N) is 1. The summed E-state index contributed by atoms with van der Waals surface area (Å²) in [5.41, 5.74) is 6.41. The fourth-order valence-corrected chi connectivity index (χ4v) is 5.17. The molecule has 1 aromatic rings. The van der Waals surface area contributed by atoms with Gasteiger partial charge in [0, 0.05) is 25.6 Å². The van der Waals surface area contributed by atoms with Gasteiger partial charge in [-0.3, -0.25) is 13.8 Å². The zero-order chi connectivity index (χ0) is 32.9. The van der Waals surface area contributed by atoms with Crippen molar-refractivity contribution in [2.45, 2.75) is 82.4 Å². The molecule has 17 heteroatoms. The van der Waals surface area contributed by atoms with Crippen molar-refractivity contribution in [3.8, 4) is 5.75 Å². The second kappa shape index (κ2) is 18.4. The fraction of sp³-hybridized carbons (Fsp3) is 0.679. The molecule has 3 rings (SSSR count). The maximum Gasteiger partial charge on any atom is 0.404 e. The average molecular weight is 661 g/mol. The first-order valence-electron chi connectivity index (χ1n) is 14.7. The van der Waals surface area contributed by atoms with Crippen molar-refractivity contribution in [1.82, 2.24) is 14.7 Å². The Kier molecular flexibility index (Phi) is 15.0. The van der Waals surface area contributed by atoms with Crippen LogP contribution in [0.25, 0.3) is 0 Å². The van der Waals surface area contributed by atoms with Crippen LogP contribution >= 0.6 is 12.2 Å². The Labute approximate surface area is 266 Å². The number of aliphatic hydroxyl groups excluding tert-OH is 3. The third-order valence-electron chi connectivity index (χ3n) is 7.32. The van der Waals surface area contributed by atoms with Crippen LogP contribution in [0.5, 0.6) is 5.75 Å². The molecule has 2 fully saturated rings. The summed E-state index contributed by atoms with van der Waals surface area (Å²) >= 11 is 0.783. The predicted molar refractivity (Wildman–Crippen MR) is 158 cm³/mol. The highest BCUT2D eigenvalue weighted by Gasteiger charge is 2.43. The van der Waals surface area contributed by atoms with E-state index < -0.39 is 36.8 Å². The third kappa shape index (κ3) is 11.8. The Bertz CT molecular complexity index is 1120. The van der Waals surface area contributed by atoms with Gasteiger partial charge in [-0.05, 0) is 44.2 Å². The number of aryl methyl sites for hydroxylation is 1.